The van der Waals surface area contributed by atoms with E-state index >= 15 is 0 Å². The van der Waals surface area contributed by atoms with Crippen LogP contribution in [-0.2, 0) is 0 Å². The molecule has 1 aliphatic rings. The molecule has 0 aliphatic heterocycles. The summed E-state index contributed by atoms with van der Waals surface area (Å²) in [4.78, 5) is 8.01. The van der Waals surface area contributed by atoms with Gasteiger partial charge in [-0.2, -0.15) is 4.98 Å². The zero-order valence-electron chi connectivity index (χ0n) is 10.3. The number of anilines is 2. The van der Waals surface area contributed by atoms with Crippen LogP contribution in [-0.4, -0.2) is 16.0 Å². The Bertz CT molecular complexity index is 376. The maximum atomic E-state index is 5.86. The molecule has 5 heteroatoms. The molecule has 0 aromatic carbocycles. The van der Waals surface area contributed by atoms with Crippen molar-refractivity contribution in [3.63, 3.8) is 0 Å². The highest BCUT2D eigenvalue weighted by Crippen LogP contribution is 2.35. The standard InChI is InChI=1S/C12H19ClN4/c1-3-8-4-5-9(7(8)2)15-11-6-10(13)16-12(14)17-11/h6-9H,3-5H2,1-2H3,(H3,14,15,16,17). The average Bonchev–Trinajstić information content (AvgIpc) is 2.58. The molecule has 1 heterocycles. The largest absolute Gasteiger partial charge is 0.368 e. The molecule has 2 rings (SSSR count). The first-order chi connectivity index (χ1) is 8.10. The van der Waals surface area contributed by atoms with E-state index in [0.717, 1.165) is 11.7 Å². The van der Waals surface area contributed by atoms with Crippen LogP contribution in [0.3, 0.4) is 0 Å². The highest BCUT2D eigenvalue weighted by atomic mass is 35.5. The first kappa shape index (κ1) is 12.4. The molecule has 1 saturated carbocycles. The van der Waals surface area contributed by atoms with Crippen molar-refractivity contribution < 1.29 is 0 Å². The van der Waals surface area contributed by atoms with Gasteiger partial charge in [-0.3, -0.25) is 0 Å². The van der Waals surface area contributed by atoms with E-state index in [0.29, 0.717) is 17.1 Å². The number of nitrogens with two attached hydrogens (primary N) is 1. The Labute approximate surface area is 107 Å². The fraction of sp³-hybridized carbons (Fsp3) is 0.667. The van der Waals surface area contributed by atoms with E-state index in [1.54, 1.807) is 6.07 Å². The number of nitrogen functional groups attached to an aromatic ring is 1. The van der Waals surface area contributed by atoms with Crippen molar-refractivity contribution in [1.29, 1.82) is 0 Å². The zero-order chi connectivity index (χ0) is 12.4. The molecule has 94 valence electrons. The minimum atomic E-state index is 0.220. The number of nitrogens with zero attached hydrogens (tertiary/aromatic N) is 2. The second-order valence-electron chi connectivity index (χ2n) is 4.79. The zero-order valence-corrected chi connectivity index (χ0v) is 11.0. The monoisotopic (exact) mass is 254 g/mol. The summed E-state index contributed by atoms with van der Waals surface area (Å²) >= 11 is 5.86. The van der Waals surface area contributed by atoms with E-state index in [1.165, 1.54) is 19.3 Å². The molecule has 3 unspecified atom stereocenters. The summed E-state index contributed by atoms with van der Waals surface area (Å²) in [5.41, 5.74) is 5.58. The van der Waals surface area contributed by atoms with Gasteiger partial charge in [0.2, 0.25) is 5.95 Å². The fourth-order valence-electron chi connectivity index (χ4n) is 2.73. The molecule has 0 amide bonds. The van der Waals surface area contributed by atoms with Crippen molar-refractivity contribution in [1.82, 2.24) is 9.97 Å². The quantitative estimate of drug-likeness (QED) is 0.814. The molecule has 0 spiro atoms. The summed E-state index contributed by atoms with van der Waals surface area (Å²) in [6.45, 7) is 4.55. The van der Waals surface area contributed by atoms with Crippen LogP contribution in [0.5, 0.6) is 0 Å². The van der Waals surface area contributed by atoms with Crippen molar-refractivity contribution >= 4 is 23.4 Å². The number of rotatable bonds is 3. The topological polar surface area (TPSA) is 63.8 Å². The third kappa shape index (κ3) is 2.80. The van der Waals surface area contributed by atoms with Crippen LogP contribution in [0, 0.1) is 11.8 Å². The summed E-state index contributed by atoms with van der Waals surface area (Å²) in [5.74, 6) is 2.42. The molecular formula is C12H19ClN4. The SMILES string of the molecule is CCC1CCC(Nc2cc(Cl)nc(N)n2)C1C. The lowest BCUT2D eigenvalue weighted by atomic mass is 9.93. The third-order valence-corrected chi connectivity index (χ3v) is 3.99. The summed E-state index contributed by atoms with van der Waals surface area (Å²) in [7, 11) is 0. The molecule has 0 bridgehead atoms. The third-order valence-electron chi connectivity index (χ3n) is 3.80. The van der Waals surface area contributed by atoms with E-state index in [-0.39, 0.29) is 5.95 Å². The van der Waals surface area contributed by atoms with Gasteiger partial charge in [-0.1, -0.05) is 31.9 Å². The maximum Gasteiger partial charge on any atom is 0.223 e. The summed E-state index contributed by atoms with van der Waals surface area (Å²) in [6.07, 6.45) is 3.71. The second-order valence-corrected chi connectivity index (χ2v) is 5.18. The number of aromatic nitrogens is 2. The van der Waals surface area contributed by atoms with Gasteiger partial charge in [0.1, 0.15) is 11.0 Å². The number of hydrogen-bond acceptors (Lipinski definition) is 4. The maximum absolute atomic E-state index is 5.86. The molecule has 0 radical (unpaired) electrons. The lowest BCUT2D eigenvalue weighted by Crippen LogP contribution is -2.25. The Morgan fingerprint density at radius 2 is 2.24 bits per heavy atom. The van der Waals surface area contributed by atoms with Crippen molar-refractivity contribution in [2.75, 3.05) is 11.1 Å². The van der Waals surface area contributed by atoms with E-state index in [1.807, 2.05) is 0 Å². The van der Waals surface area contributed by atoms with E-state index < -0.39 is 0 Å². The molecule has 1 aliphatic carbocycles. The Hall–Kier alpha value is -1.03. The predicted octanol–water partition coefficient (Wildman–Crippen LogP) is 2.95. The molecule has 0 saturated heterocycles. The van der Waals surface area contributed by atoms with Crippen LogP contribution in [0.1, 0.15) is 33.1 Å². The summed E-state index contributed by atoms with van der Waals surface area (Å²) in [6, 6.07) is 2.19. The van der Waals surface area contributed by atoms with Crippen molar-refractivity contribution in [3.05, 3.63) is 11.2 Å². The van der Waals surface area contributed by atoms with E-state index in [9.17, 15) is 0 Å². The van der Waals surface area contributed by atoms with Crippen LogP contribution in [0.25, 0.3) is 0 Å². The van der Waals surface area contributed by atoms with Gasteiger partial charge < -0.3 is 11.1 Å². The van der Waals surface area contributed by atoms with Crippen LogP contribution >= 0.6 is 11.6 Å². The number of nitrogens with one attached hydrogen (secondary N) is 1. The number of hydrogen-bond donors (Lipinski definition) is 2. The molecular weight excluding hydrogens is 236 g/mol. The molecule has 1 aromatic heterocycles. The van der Waals surface area contributed by atoms with Gasteiger partial charge in [0, 0.05) is 12.1 Å². The van der Waals surface area contributed by atoms with Crippen LogP contribution in [0.2, 0.25) is 5.15 Å². The number of halogens is 1. The Morgan fingerprint density at radius 1 is 1.47 bits per heavy atom. The molecule has 3 atom stereocenters. The van der Waals surface area contributed by atoms with Gasteiger partial charge in [0.05, 0.1) is 0 Å². The minimum absolute atomic E-state index is 0.220. The van der Waals surface area contributed by atoms with Gasteiger partial charge in [-0.15, -0.1) is 0 Å². The Morgan fingerprint density at radius 3 is 2.82 bits per heavy atom. The summed E-state index contributed by atoms with van der Waals surface area (Å²) in [5, 5.41) is 3.81. The smallest absolute Gasteiger partial charge is 0.223 e. The summed E-state index contributed by atoms with van der Waals surface area (Å²) < 4.78 is 0. The van der Waals surface area contributed by atoms with Crippen molar-refractivity contribution in [2.45, 2.75) is 39.2 Å². The second kappa shape index (κ2) is 5.08. The predicted molar refractivity (Wildman–Crippen MR) is 71.0 cm³/mol. The first-order valence-corrected chi connectivity index (χ1v) is 6.54. The van der Waals surface area contributed by atoms with Crippen LogP contribution in [0.15, 0.2) is 6.07 Å². The van der Waals surface area contributed by atoms with E-state index in [2.05, 4.69) is 29.1 Å². The average molecular weight is 255 g/mol. The van der Waals surface area contributed by atoms with E-state index in [4.69, 9.17) is 17.3 Å². The lowest BCUT2D eigenvalue weighted by Gasteiger charge is -2.21. The van der Waals surface area contributed by atoms with Gasteiger partial charge >= 0.3 is 0 Å². The lowest BCUT2D eigenvalue weighted by molar-refractivity contribution is 0.391. The molecule has 4 nitrogen and oxygen atoms in total. The van der Waals surface area contributed by atoms with Crippen LogP contribution < -0.4 is 11.1 Å². The Kier molecular flexibility index (Phi) is 3.72. The highest BCUT2D eigenvalue weighted by molar-refractivity contribution is 6.29. The van der Waals surface area contributed by atoms with Gasteiger partial charge in [-0.05, 0) is 24.7 Å². The molecule has 3 N–H and O–H groups in total. The fourth-order valence-corrected chi connectivity index (χ4v) is 2.92. The normalized spacial score (nSPS) is 28.3. The first-order valence-electron chi connectivity index (χ1n) is 6.16. The van der Waals surface area contributed by atoms with Crippen molar-refractivity contribution in [2.24, 2.45) is 11.8 Å². The Balaban J connectivity index is 2.06. The molecule has 1 fully saturated rings. The van der Waals surface area contributed by atoms with Gasteiger partial charge in [0.25, 0.3) is 0 Å². The highest BCUT2D eigenvalue weighted by Gasteiger charge is 2.31. The molecule has 1 aromatic rings. The minimum Gasteiger partial charge on any atom is -0.368 e. The van der Waals surface area contributed by atoms with Gasteiger partial charge in [0.15, 0.2) is 0 Å². The van der Waals surface area contributed by atoms with Crippen LogP contribution in [0.4, 0.5) is 11.8 Å². The van der Waals surface area contributed by atoms with Crippen molar-refractivity contribution in [3.8, 4) is 0 Å². The van der Waals surface area contributed by atoms with Gasteiger partial charge in [-0.25, -0.2) is 4.98 Å². The molecule has 17 heavy (non-hydrogen) atoms.